The van der Waals surface area contributed by atoms with Crippen LogP contribution in [0.2, 0.25) is 0 Å². The molecule has 2 heteroatoms. The van der Waals surface area contributed by atoms with E-state index in [0.717, 1.165) is 0 Å². The van der Waals surface area contributed by atoms with E-state index in [0.29, 0.717) is 5.41 Å². The zero-order chi connectivity index (χ0) is 14.9. The average molecular weight is 266 g/mol. The lowest BCUT2D eigenvalue weighted by atomic mass is 9.68. The number of fused-ring (bicyclic) bond motifs is 1. The molecule has 2 rings (SSSR count). The quantitative estimate of drug-likeness (QED) is 0.610. The minimum Gasteiger partial charge on any atom is -0.358 e. The number of likely N-dealkylation sites (tertiary alicyclic amines) is 1. The Kier molecular flexibility index (Phi) is 4.75. The van der Waals surface area contributed by atoms with Gasteiger partial charge in [0.15, 0.2) is 0 Å². The van der Waals surface area contributed by atoms with E-state index in [1.54, 1.807) is 0 Å². The van der Waals surface area contributed by atoms with Crippen molar-refractivity contribution in [3.63, 3.8) is 0 Å². The Hall–Kier alpha value is -0.530. The van der Waals surface area contributed by atoms with Gasteiger partial charge in [-0.15, -0.1) is 0 Å². The van der Waals surface area contributed by atoms with Crippen molar-refractivity contribution >= 4 is 5.84 Å². The Labute approximate surface area is 120 Å². The first kappa shape index (κ1) is 16.5. The van der Waals surface area contributed by atoms with Crippen LogP contribution in [0.25, 0.3) is 0 Å². The predicted octanol–water partition coefficient (Wildman–Crippen LogP) is 4.88. The van der Waals surface area contributed by atoms with Crippen LogP contribution in [0.5, 0.6) is 0 Å². The van der Waals surface area contributed by atoms with Crippen LogP contribution in [-0.4, -0.2) is 28.9 Å². The molecule has 0 N–H and O–H groups in total. The second-order valence-electron chi connectivity index (χ2n) is 7.89. The zero-order valence-electron chi connectivity index (χ0n) is 14.4. The summed E-state index contributed by atoms with van der Waals surface area (Å²) < 4.78 is 0. The minimum atomic E-state index is 0.135. The molecule has 1 fully saturated rings. The third-order valence-electron chi connectivity index (χ3n) is 4.75. The molecule has 0 radical (unpaired) electrons. The largest absolute Gasteiger partial charge is 0.358 e. The zero-order valence-corrected chi connectivity index (χ0v) is 14.4. The molecule has 0 aliphatic carbocycles. The number of nitrogens with zero attached hydrogens (tertiary/aromatic N) is 2. The van der Waals surface area contributed by atoms with Gasteiger partial charge in [0, 0.05) is 18.0 Å². The first-order chi connectivity index (χ1) is 8.58. The number of hydrogen-bond donors (Lipinski definition) is 0. The summed E-state index contributed by atoms with van der Waals surface area (Å²) in [5, 5.41) is 0. The summed E-state index contributed by atoms with van der Waals surface area (Å²) in [6.07, 6.45) is 6.33. The molecule has 0 saturated carbocycles. The van der Waals surface area contributed by atoms with E-state index >= 15 is 0 Å². The van der Waals surface area contributed by atoms with Crippen LogP contribution in [0.1, 0.15) is 80.6 Å². The van der Waals surface area contributed by atoms with Gasteiger partial charge in [-0.25, -0.2) is 0 Å². The van der Waals surface area contributed by atoms with Gasteiger partial charge in [-0.2, -0.15) is 0 Å². The summed E-state index contributed by atoms with van der Waals surface area (Å²) in [7, 11) is 2.22. The van der Waals surface area contributed by atoms with Crippen LogP contribution in [0.15, 0.2) is 4.99 Å². The summed E-state index contributed by atoms with van der Waals surface area (Å²) >= 11 is 0. The van der Waals surface area contributed by atoms with Crippen molar-refractivity contribution in [1.82, 2.24) is 4.90 Å². The van der Waals surface area contributed by atoms with Crippen molar-refractivity contribution in [2.24, 2.45) is 10.4 Å². The molecule has 1 atom stereocenters. The normalized spacial score (nSPS) is 31.8. The molecule has 2 aliphatic rings. The molecule has 0 aromatic carbocycles. The van der Waals surface area contributed by atoms with Gasteiger partial charge in [-0.1, -0.05) is 27.2 Å². The summed E-state index contributed by atoms with van der Waals surface area (Å²) in [6, 6.07) is 0. The maximum atomic E-state index is 5.03. The number of piperidine rings is 1. The lowest BCUT2D eigenvalue weighted by Crippen LogP contribution is -2.58. The number of rotatable bonds is 0. The fourth-order valence-electron chi connectivity index (χ4n) is 2.92. The van der Waals surface area contributed by atoms with Gasteiger partial charge < -0.3 is 4.90 Å². The van der Waals surface area contributed by atoms with Crippen molar-refractivity contribution in [2.45, 2.75) is 91.6 Å². The first-order valence-corrected chi connectivity index (χ1v) is 7.92. The number of aliphatic imine (C=N–C) groups is 1. The molecule has 2 nitrogen and oxygen atoms in total. The van der Waals surface area contributed by atoms with E-state index in [-0.39, 0.29) is 11.1 Å². The Morgan fingerprint density at radius 2 is 1.42 bits per heavy atom. The molecule has 0 bridgehead atoms. The fraction of sp³-hybridized carbons (Fsp3) is 0.941. The molecule has 2 aliphatic heterocycles. The molecular formula is C17H34N2. The lowest BCUT2D eigenvalue weighted by molar-refractivity contribution is 0.125. The highest BCUT2D eigenvalue weighted by atomic mass is 15.3. The Morgan fingerprint density at radius 3 is 1.95 bits per heavy atom. The molecule has 0 spiro atoms. The van der Waals surface area contributed by atoms with Gasteiger partial charge in [0.2, 0.25) is 0 Å². The van der Waals surface area contributed by atoms with E-state index < -0.39 is 0 Å². The lowest BCUT2D eigenvalue weighted by Gasteiger charge is -2.53. The number of hydrogen-bond acceptors (Lipinski definition) is 2. The summed E-state index contributed by atoms with van der Waals surface area (Å²) in [5.41, 5.74) is 0.738. The topological polar surface area (TPSA) is 15.6 Å². The van der Waals surface area contributed by atoms with E-state index in [2.05, 4.69) is 60.4 Å². The van der Waals surface area contributed by atoms with Crippen LogP contribution >= 0.6 is 0 Å². The van der Waals surface area contributed by atoms with Crippen LogP contribution in [-0.2, 0) is 0 Å². The molecule has 0 amide bonds. The fourth-order valence-corrected chi connectivity index (χ4v) is 2.92. The van der Waals surface area contributed by atoms with Gasteiger partial charge in [0.05, 0.1) is 5.54 Å². The third kappa shape index (κ3) is 3.52. The van der Waals surface area contributed by atoms with Crippen LogP contribution in [0, 0.1) is 5.41 Å². The summed E-state index contributed by atoms with van der Waals surface area (Å²) in [4.78, 5) is 7.46. The molecule has 0 aromatic heterocycles. The Bertz CT molecular complexity index is 341. The second-order valence-corrected chi connectivity index (χ2v) is 7.89. The maximum absolute atomic E-state index is 5.03. The van der Waals surface area contributed by atoms with Crippen molar-refractivity contribution in [2.75, 3.05) is 7.05 Å². The predicted molar refractivity (Wildman–Crippen MR) is 85.9 cm³/mol. The highest BCUT2D eigenvalue weighted by Crippen LogP contribution is 2.46. The highest BCUT2D eigenvalue weighted by molar-refractivity contribution is 5.90. The standard InChI is InChI=1S/C14H26N2.C3H8/c1-12(2)7-9-14(5)10-8-13(3,4)16(6)11(14)15-12;1-3-2/h7-10H2,1-6H3;3H2,1-2H3. The van der Waals surface area contributed by atoms with Gasteiger partial charge >= 0.3 is 0 Å². The summed E-state index contributed by atoms with van der Waals surface area (Å²) in [6.45, 7) is 15.8. The van der Waals surface area contributed by atoms with Crippen molar-refractivity contribution in [1.29, 1.82) is 0 Å². The van der Waals surface area contributed by atoms with E-state index in [1.807, 2.05) is 0 Å². The van der Waals surface area contributed by atoms with Gasteiger partial charge in [0.1, 0.15) is 5.84 Å². The van der Waals surface area contributed by atoms with Crippen molar-refractivity contribution in [3.8, 4) is 0 Å². The molecule has 2 heterocycles. The van der Waals surface area contributed by atoms with E-state index in [1.165, 1.54) is 37.9 Å². The Morgan fingerprint density at radius 1 is 0.947 bits per heavy atom. The third-order valence-corrected chi connectivity index (χ3v) is 4.75. The van der Waals surface area contributed by atoms with Gasteiger partial charge in [-0.05, 0) is 53.4 Å². The molecule has 112 valence electrons. The first-order valence-electron chi connectivity index (χ1n) is 7.92. The smallest absolute Gasteiger partial charge is 0.106 e. The Balaban J connectivity index is 0.000000550. The van der Waals surface area contributed by atoms with E-state index in [9.17, 15) is 0 Å². The molecular weight excluding hydrogens is 232 g/mol. The van der Waals surface area contributed by atoms with Gasteiger partial charge in [0.25, 0.3) is 0 Å². The molecule has 19 heavy (non-hydrogen) atoms. The molecule has 1 unspecified atom stereocenters. The summed E-state index contributed by atoms with van der Waals surface area (Å²) in [5.74, 6) is 1.35. The van der Waals surface area contributed by atoms with Crippen molar-refractivity contribution in [3.05, 3.63) is 0 Å². The van der Waals surface area contributed by atoms with Crippen LogP contribution < -0.4 is 0 Å². The SMILES string of the molecule is CCC.CN1C2=NC(C)(C)CCC2(C)CCC1(C)C. The van der Waals surface area contributed by atoms with Crippen molar-refractivity contribution < 1.29 is 0 Å². The second kappa shape index (κ2) is 5.46. The maximum Gasteiger partial charge on any atom is 0.106 e. The van der Waals surface area contributed by atoms with Crippen LogP contribution in [0.3, 0.4) is 0 Å². The van der Waals surface area contributed by atoms with Crippen LogP contribution in [0.4, 0.5) is 0 Å². The average Bonchev–Trinajstić information content (AvgIpc) is 2.29. The molecule has 1 saturated heterocycles. The molecule has 0 aromatic rings. The van der Waals surface area contributed by atoms with E-state index in [4.69, 9.17) is 4.99 Å². The minimum absolute atomic E-state index is 0.135. The van der Waals surface area contributed by atoms with Gasteiger partial charge in [-0.3, -0.25) is 4.99 Å². The highest BCUT2D eigenvalue weighted by Gasteiger charge is 2.47. The number of amidine groups is 1. The monoisotopic (exact) mass is 266 g/mol.